The molecule has 0 bridgehead atoms. The maximum absolute atomic E-state index is 11.6. The van der Waals surface area contributed by atoms with Gasteiger partial charge in [0.2, 0.25) is 0 Å². The normalized spacial score (nSPS) is 10.1. The van der Waals surface area contributed by atoms with E-state index in [-0.39, 0.29) is 0 Å². The van der Waals surface area contributed by atoms with Crippen LogP contribution in [0, 0.1) is 6.92 Å². The van der Waals surface area contributed by atoms with Crippen molar-refractivity contribution in [2.75, 3.05) is 10.6 Å². The fraction of sp³-hybridized carbons (Fsp3) is 0.385. The van der Waals surface area contributed by atoms with Gasteiger partial charge in [-0.3, -0.25) is 5.32 Å². The third-order valence-electron chi connectivity index (χ3n) is 2.07. The first-order valence-electron chi connectivity index (χ1n) is 5.55. The molecule has 1 aromatic carbocycles. The van der Waals surface area contributed by atoms with Crippen molar-refractivity contribution in [2.45, 2.75) is 33.3 Å². The summed E-state index contributed by atoms with van der Waals surface area (Å²) in [5.74, 6) is 0. The molecule has 0 aromatic heterocycles. The van der Waals surface area contributed by atoms with Gasteiger partial charge >= 0.3 is 6.09 Å². The molecule has 0 unspecified atom stereocenters. The Morgan fingerprint density at radius 2 is 1.95 bits per heavy atom. The molecule has 0 spiro atoms. The summed E-state index contributed by atoms with van der Waals surface area (Å²) in [5, 5.41) is 5.03. The third kappa shape index (κ3) is 5.21. The van der Waals surface area contributed by atoms with Gasteiger partial charge in [0.1, 0.15) is 5.60 Å². The molecular formula is C13H17FmN2O3-. The molecule has 0 saturated carbocycles. The fourth-order valence-corrected chi connectivity index (χ4v) is 1.31. The zero-order chi connectivity index (χ0) is 13.8. The standard InChI is InChI=1S/C13H17N2O3.Fm/c1-9-5-6-10(7-11(9)14-8-16)15-12(17)18-13(2,3)4;/h5-7H,1-4H3,(H,14,16)(H,15,17);/q-1;. The summed E-state index contributed by atoms with van der Waals surface area (Å²) in [4.78, 5) is 21.9. The van der Waals surface area contributed by atoms with E-state index in [0.29, 0.717) is 11.4 Å². The second-order valence-corrected chi connectivity index (χ2v) is 4.88. The van der Waals surface area contributed by atoms with Gasteiger partial charge in [0.15, 0.2) is 0 Å². The fourth-order valence-electron chi connectivity index (χ4n) is 1.31. The molecule has 0 aliphatic carbocycles. The van der Waals surface area contributed by atoms with E-state index in [1.54, 1.807) is 45.4 Å². The minimum Gasteiger partial charge on any atom is -0.490 e. The van der Waals surface area contributed by atoms with Crippen molar-refractivity contribution in [2.24, 2.45) is 0 Å². The van der Waals surface area contributed by atoms with Crippen LogP contribution < -0.4 is 10.6 Å². The van der Waals surface area contributed by atoms with Gasteiger partial charge in [-0.2, -0.15) is 0 Å². The van der Waals surface area contributed by atoms with Crippen LogP contribution in [0.3, 0.4) is 0 Å². The number of benzene rings is 1. The van der Waals surface area contributed by atoms with Gasteiger partial charge in [-0.15, -0.1) is 11.3 Å². The predicted molar refractivity (Wildman–Crippen MR) is 70.4 cm³/mol. The second-order valence-electron chi connectivity index (χ2n) is 4.88. The van der Waals surface area contributed by atoms with Crippen LogP contribution in [0.1, 0.15) is 26.3 Å². The Labute approximate surface area is 107 Å². The Morgan fingerprint density at radius 3 is 2.47 bits per heavy atom. The second kappa shape index (κ2) is 6.05. The molecule has 0 heterocycles. The Hall–Kier alpha value is -3.04. The molecule has 2 N–H and O–H groups in total. The van der Waals surface area contributed by atoms with Crippen LogP contribution in [0.2, 0.25) is 0 Å². The largest absolute Gasteiger partial charge is 0.490 e. The molecule has 1 aromatic rings. The molecule has 0 saturated heterocycles. The van der Waals surface area contributed by atoms with Gasteiger partial charge in [0.05, 0.1) is 6.41 Å². The van der Waals surface area contributed by atoms with Crippen molar-refractivity contribution in [3.8, 4) is 0 Å². The quantitative estimate of drug-likeness (QED) is 0.490. The number of hydrogen-bond donors (Lipinski definition) is 2. The monoisotopic (exact) mass is 506 g/mol. The summed E-state index contributed by atoms with van der Waals surface area (Å²) in [6, 6.07) is 5.16. The summed E-state index contributed by atoms with van der Waals surface area (Å²) < 4.78 is 5.12. The molecule has 5 nitrogen and oxygen atoms in total. The molecule has 0 fully saturated rings. The van der Waals surface area contributed by atoms with Crippen LogP contribution in [0.4, 0.5) is 16.2 Å². The molecular weight excluding hydrogens is 489 g/mol. The molecule has 0 aliphatic heterocycles. The molecule has 19 heavy (non-hydrogen) atoms. The molecule has 6 heteroatoms. The number of hydrogen-bond acceptors (Lipinski definition) is 3. The van der Waals surface area contributed by atoms with Gasteiger partial charge in [0, 0.05) is 5.69 Å². The van der Waals surface area contributed by atoms with Crippen LogP contribution in [-0.2, 0) is 9.53 Å². The molecule has 1 rings (SSSR count). The number of aryl methyl sites for hydroxylation is 1. The van der Waals surface area contributed by atoms with Crippen LogP contribution in [0.15, 0.2) is 18.2 Å². The van der Waals surface area contributed by atoms with Crippen molar-refractivity contribution >= 4 is 23.9 Å². The Kier molecular flexibility index (Phi) is 5.08. The maximum atomic E-state index is 11.6. The molecule has 0 radical (unpaired) electrons. The Balaban J connectivity index is 0.00000324. The van der Waals surface area contributed by atoms with E-state index in [2.05, 4.69) is 10.6 Å². The van der Waals surface area contributed by atoms with Crippen molar-refractivity contribution in [3.63, 3.8) is 0 Å². The number of carbonyl (C=O) groups excluding carboxylic acids is 2. The van der Waals surface area contributed by atoms with Crippen molar-refractivity contribution in [3.05, 3.63) is 23.8 Å². The number of amides is 2. The van der Waals surface area contributed by atoms with Crippen LogP contribution >= 0.6 is 0 Å². The minimum absolute atomic E-state index is 0. The van der Waals surface area contributed by atoms with Crippen LogP contribution in [0.25, 0.3) is 0 Å². The SMILES string of the molecule is Cc1ccc(NC(=O)OC(C)(C)C)cc1N[C-]=O.[Fm]. The van der Waals surface area contributed by atoms with Gasteiger partial charge in [0.25, 0.3) is 0 Å². The summed E-state index contributed by atoms with van der Waals surface area (Å²) >= 11 is 0. The number of rotatable bonds is 3. The van der Waals surface area contributed by atoms with Crippen molar-refractivity contribution in [1.29, 1.82) is 0 Å². The average molecular weight is 506 g/mol. The van der Waals surface area contributed by atoms with Crippen molar-refractivity contribution < 1.29 is 14.3 Å². The van der Waals surface area contributed by atoms with E-state index in [1.165, 1.54) is 0 Å². The van der Waals surface area contributed by atoms with Gasteiger partial charge in [-0.05, 0) is 26.8 Å². The number of nitrogens with one attached hydrogen (secondary N) is 2. The topological polar surface area (TPSA) is 67.4 Å². The summed E-state index contributed by atoms with van der Waals surface area (Å²) in [5.41, 5.74) is 1.48. The van der Waals surface area contributed by atoms with Gasteiger partial charge < -0.3 is 14.8 Å². The first-order valence-corrected chi connectivity index (χ1v) is 5.55. The number of carbonyl (C=O) groups is 1. The predicted octanol–water partition coefficient (Wildman–Crippen LogP) is 2.82. The minimum atomic E-state index is -0.549. The Bertz CT molecular complexity index is 456. The first kappa shape index (κ1) is 16.0. The molecule has 0 aliphatic rings. The first-order chi connectivity index (χ1) is 8.31. The summed E-state index contributed by atoms with van der Waals surface area (Å²) in [7, 11) is 0. The number of ether oxygens (including phenoxy) is 1. The summed E-state index contributed by atoms with van der Waals surface area (Å²) in [6.07, 6.45) is 1.06. The van der Waals surface area contributed by atoms with Gasteiger partial charge in [-0.1, -0.05) is 19.1 Å². The van der Waals surface area contributed by atoms with E-state index in [1.807, 2.05) is 6.92 Å². The third-order valence-corrected chi connectivity index (χ3v) is 2.07. The zero-order valence-electron chi connectivity index (χ0n) is 11.2. The maximum Gasteiger partial charge on any atom is 0.412 e. The van der Waals surface area contributed by atoms with Gasteiger partial charge in [-0.25, -0.2) is 4.79 Å². The summed E-state index contributed by atoms with van der Waals surface area (Å²) in [6.45, 7) is 7.21. The van der Waals surface area contributed by atoms with E-state index in [4.69, 9.17) is 4.74 Å². The van der Waals surface area contributed by atoms with E-state index in [9.17, 15) is 9.59 Å². The van der Waals surface area contributed by atoms with Crippen molar-refractivity contribution in [1.82, 2.24) is 0 Å². The van der Waals surface area contributed by atoms with E-state index < -0.39 is 11.7 Å². The van der Waals surface area contributed by atoms with Crippen LogP contribution in [-0.4, -0.2) is 18.1 Å². The van der Waals surface area contributed by atoms with E-state index >= 15 is 0 Å². The zero-order valence-corrected chi connectivity index (χ0v) is 13.6. The molecule has 2 amide bonds. The Morgan fingerprint density at radius 1 is 1.32 bits per heavy atom. The molecule has 0 atom stereocenters. The van der Waals surface area contributed by atoms with E-state index in [0.717, 1.165) is 5.56 Å². The van der Waals surface area contributed by atoms with Crippen LogP contribution in [0.5, 0.6) is 0 Å². The molecule has 110 valence electrons. The number of anilines is 2. The smallest absolute Gasteiger partial charge is 0.412 e. The average Bonchev–Trinajstić information content (AvgIpc) is 2.20.